The van der Waals surface area contributed by atoms with E-state index in [1.807, 2.05) is 0 Å². The van der Waals surface area contributed by atoms with Crippen LogP contribution in [-0.4, -0.2) is 23.9 Å². The maximum absolute atomic E-state index is 10.0. The fourth-order valence-corrected chi connectivity index (χ4v) is 2.64. The van der Waals surface area contributed by atoms with E-state index in [2.05, 4.69) is 0 Å². The fourth-order valence-electron chi connectivity index (χ4n) is 2.64. The maximum Gasteiger partial charge on any atom is 0.0836 e. The quantitative estimate of drug-likeness (QED) is 0.712. The van der Waals surface area contributed by atoms with Gasteiger partial charge in [-0.2, -0.15) is 0 Å². The van der Waals surface area contributed by atoms with Crippen LogP contribution in [0, 0.1) is 5.92 Å². The average Bonchev–Trinajstić information content (AvgIpc) is 2.71. The lowest BCUT2D eigenvalue weighted by Crippen LogP contribution is -2.36. The van der Waals surface area contributed by atoms with Crippen molar-refractivity contribution in [3.8, 4) is 0 Å². The summed E-state index contributed by atoms with van der Waals surface area (Å²) in [4.78, 5) is 0. The van der Waals surface area contributed by atoms with E-state index >= 15 is 0 Å². The Morgan fingerprint density at radius 2 is 1.69 bits per heavy atom. The van der Waals surface area contributed by atoms with Gasteiger partial charge in [0.25, 0.3) is 0 Å². The van der Waals surface area contributed by atoms with E-state index in [9.17, 15) is 5.11 Å². The lowest BCUT2D eigenvalue weighted by atomic mass is 9.92. The van der Waals surface area contributed by atoms with E-state index in [1.54, 1.807) is 0 Å². The molecule has 1 N–H and O–H groups in total. The van der Waals surface area contributed by atoms with Crippen LogP contribution in [0.3, 0.4) is 0 Å². The zero-order chi connectivity index (χ0) is 9.10. The van der Waals surface area contributed by atoms with Crippen LogP contribution >= 0.6 is 0 Å². The normalized spacial score (nSPS) is 33.5. The van der Waals surface area contributed by atoms with E-state index in [4.69, 9.17) is 4.74 Å². The molecule has 76 valence electrons. The molecule has 0 aromatic heterocycles. The predicted octanol–water partition coefficient (Wildman–Crippen LogP) is 2.11. The number of ether oxygens (including phenoxy) is 1. The second-order valence-electron chi connectivity index (χ2n) is 4.44. The average molecular weight is 184 g/mol. The molecule has 2 aliphatic rings. The van der Waals surface area contributed by atoms with Crippen LogP contribution in [0.5, 0.6) is 0 Å². The zero-order valence-corrected chi connectivity index (χ0v) is 8.24. The smallest absolute Gasteiger partial charge is 0.0836 e. The molecule has 2 rings (SSSR count). The Hall–Kier alpha value is -0.0800. The molecule has 0 aromatic rings. The Balaban J connectivity index is 1.83. The topological polar surface area (TPSA) is 29.5 Å². The van der Waals surface area contributed by atoms with E-state index < -0.39 is 0 Å². The van der Waals surface area contributed by atoms with Gasteiger partial charge < -0.3 is 9.84 Å². The molecule has 0 amide bonds. The molecule has 1 aliphatic heterocycles. The number of aliphatic hydroxyl groups is 1. The summed E-state index contributed by atoms with van der Waals surface area (Å²) < 4.78 is 5.60. The Morgan fingerprint density at radius 1 is 1.00 bits per heavy atom. The summed E-state index contributed by atoms with van der Waals surface area (Å²) in [6, 6.07) is 0. The first-order chi connectivity index (χ1) is 6.38. The van der Waals surface area contributed by atoms with Crippen molar-refractivity contribution in [1.82, 2.24) is 0 Å². The Bertz CT molecular complexity index is 146. The second-order valence-corrected chi connectivity index (χ2v) is 4.44. The molecule has 2 nitrogen and oxygen atoms in total. The molecule has 2 atom stereocenters. The summed E-state index contributed by atoms with van der Waals surface area (Å²) in [5, 5.41) is 10.0. The number of hydrogen-bond donors (Lipinski definition) is 1. The van der Waals surface area contributed by atoms with E-state index in [-0.39, 0.29) is 12.2 Å². The van der Waals surface area contributed by atoms with Gasteiger partial charge in [-0.3, -0.25) is 0 Å². The third-order valence-corrected chi connectivity index (χ3v) is 3.48. The molecule has 0 aromatic carbocycles. The Morgan fingerprint density at radius 3 is 2.31 bits per heavy atom. The van der Waals surface area contributed by atoms with Crippen molar-refractivity contribution in [3.05, 3.63) is 0 Å². The highest BCUT2D eigenvalue weighted by Crippen LogP contribution is 2.31. The lowest BCUT2D eigenvalue weighted by molar-refractivity contribution is -0.0820. The minimum Gasteiger partial charge on any atom is -0.390 e. The van der Waals surface area contributed by atoms with Crippen molar-refractivity contribution in [3.63, 3.8) is 0 Å². The van der Waals surface area contributed by atoms with E-state index in [1.165, 1.54) is 38.5 Å². The Kier molecular flexibility index (Phi) is 3.23. The molecule has 1 saturated carbocycles. The summed E-state index contributed by atoms with van der Waals surface area (Å²) in [7, 11) is 0. The standard InChI is InChI=1S/C11H20O2/c12-11(9-5-1-2-6-9)10-7-3-4-8-13-10/h9-12H,1-8H2. The summed E-state index contributed by atoms with van der Waals surface area (Å²) in [6.45, 7) is 0.856. The molecule has 13 heavy (non-hydrogen) atoms. The highest BCUT2D eigenvalue weighted by Gasteiger charge is 2.31. The molecule has 2 heteroatoms. The molecule has 0 spiro atoms. The van der Waals surface area contributed by atoms with Crippen LogP contribution in [0.1, 0.15) is 44.9 Å². The molecular formula is C11H20O2. The SMILES string of the molecule is OC(C1CCCC1)C1CCCCO1. The van der Waals surface area contributed by atoms with Crippen molar-refractivity contribution in [2.45, 2.75) is 57.2 Å². The molecule has 1 saturated heterocycles. The van der Waals surface area contributed by atoms with Crippen LogP contribution in [0.4, 0.5) is 0 Å². The molecule has 1 aliphatic carbocycles. The summed E-state index contributed by atoms with van der Waals surface area (Å²) in [5.41, 5.74) is 0. The van der Waals surface area contributed by atoms with Gasteiger partial charge in [0.1, 0.15) is 0 Å². The maximum atomic E-state index is 10.0. The third-order valence-electron chi connectivity index (χ3n) is 3.48. The first-order valence-corrected chi connectivity index (χ1v) is 5.67. The van der Waals surface area contributed by atoms with Crippen LogP contribution < -0.4 is 0 Å². The molecule has 2 fully saturated rings. The predicted molar refractivity (Wildman–Crippen MR) is 51.6 cm³/mol. The molecule has 0 bridgehead atoms. The number of rotatable bonds is 2. The largest absolute Gasteiger partial charge is 0.390 e. The van der Waals surface area contributed by atoms with Crippen LogP contribution in [0.15, 0.2) is 0 Å². The van der Waals surface area contributed by atoms with Gasteiger partial charge in [0.05, 0.1) is 12.2 Å². The monoisotopic (exact) mass is 184 g/mol. The van der Waals surface area contributed by atoms with Gasteiger partial charge in [-0.05, 0) is 38.0 Å². The van der Waals surface area contributed by atoms with Gasteiger partial charge in [0, 0.05) is 6.61 Å². The van der Waals surface area contributed by atoms with Gasteiger partial charge in [-0.1, -0.05) is 12.8 Å². The van der Waals surface area contributed by atoms with Gasteiger partial charge in [-0.15, -0.1) is 0 Å². The van der Waals surface area contributed by atoms with Crippen molar-refractivity contribution >= 4 is 0 Å². The van der Waals surface area contributed by atoms with Crippen molar-refractivity contribution < 1.29 is 9.84 Å². The molecule has 2 unspecified atom stereocenters. The molecule has 1 heterocycles. The lowest BCUT2D eigenvalue weighted by Gasteiger charge is -2.30. The minimum absolute atomic E-state index is 0.150. The summed E-state index contributed by atoms with van der Waals surface area (Å²) >= 11 is 0. The number of aliphatic hydroxyl groups excluding tert-OH is 1. The van der Waals surface area contributed by atoms with Crippen molar-refractivity contribution in [2.75, 3.05) is 6.61 Å². The van der Waals surface area contributed by atoms with Gasteiger partial charge >= 0.3 is 0 Å². The van der Waals surface area contributed by atoms with E-state index in [0.717, 1.165) is 13.0 Å². The van der Waals surface area contributed by atoms with Gasteiger partial charge in [0.15, 0.2) is 0 Å². The van der Waals surface area contributed by atoms with Crippen LogP contribution in [0.25, 0.3) is 0 Å². The van der Waals surface area contributed by atoms with E-state index in [0.29, 0.717) is 5.92 Å². The van der Waals surface area contributed by atoms with Crippen LogP contribution in [-0.2, 0) is 4.74 Å². The molecular weight excluding hydrogens is 164 g/mol. The number of hydrogen-bond acceptors (Lipinski definition) is 2. The van der Waals surface area contributed by atoms with Crippen molar-refractivity contribution in [1.29, 1.82) is 0 Å². The highest BCUT2D eigenvalue weighted by atomic mass is 16.5. The van der Waals surface area contributed by atoms with Crippen molar-refractivity contribution in [2.24, 2.45) is 5.92 Å². The minimum atomic E-state index is -0.178. The zero-order valence-electron chi connectivity index (χ0n) is 8.24. The third kappa shape index (κ3) is 2.23. The summed E-state index contributed by atoms with van der Waals surface area (Å²) in [6.07, 6.45) is 8.46. The summed E-state index contributed by atoms with van der Waals surface area (Å²) in [5.74, 6) is 0.531. The van der Waals surface area contributed by atoms with Crippen LogP contribution in [0.2, 0.25) is 0 Å². The Labute approximate surface area is 80.3 Å². The first kappa shape index (κ1) is 9.47. The second kappa shape index (κ2) is 4.43. The van der Waals surface area contributed by atoms with Gasteiger partial charge in [0.2, 0.25) is 0 Å². The first-order valence-electron chi connectivity index (χ1n) is 5.67. The fraction of sp³-hybridized carbons (Fsp3) is 1.00. The molecule has 0 radical (unpaired) electrons. The van der Waals surface area contributed by atoms with Gasteiger partial charge in [-0.25, -0.2) is 0 Å². The highest BCUT2D eigenvalue weighted by molar-refractivity contribution is 4.82.